The van der Waals surface area contributed by atoms with Crippen molar-refractivity contribution in [3.8, 4) is 5.75 Å². The fourth-order valence-corrected chi connectivity index (χ4v) is 1.76. The molecule has 1 aromatic carbocycles. The number of aliphatic carboxylic acids is 1. The van der Waals surface area contributed by atoms with E-state index in [9.17, 15) is 18.0 Å². The molecule has 0 bridgehead atoms. The summed E-state index contributed by atoms with van der Waals surface area (Å²) in [6.07, 6.45) is -4.50. The summed E-state index contributed by atoms with van der Waals surface area (Å²) in [6.45, 7) is 0.711. The Labute approximate surface area is 120 Å². The first-order valence-corrected chi connectivity index (χ1v) is 6.38. The van der Waals surface area contributed by atoms with Gasteiger partial charge in [0.15, 0.2) is 0 Å². The van der Waals surface area contributed by atoms with E-state index in [1.165, 1.54) is 19.2 Å². The Hall–Kier alpha value is -1.76. The number of hydrogen-bond donors (Lipinski definition) is 1. The van der Waals surface area contributed by atoms with Gasteiger partial charge in [0.25, 0.3) is 0 Å². The van der Waals surface area contributed by atoms with Crippen molar-refractivity contribution in [1.82, 2.24) is 0 Å². The highest BCUT2D eigenvalue weighted by atomic mass is 19.4. The zero-order valence-electron chi connectivity index (χ0n) is 11.6. The van der Waals surface area contributed by atoms with E-state index in [1.807, 2.05) is 0 Å². The van der Waals surface area contributed by atoms with Gasteiger partial charge in [-0.3, -0.25) is 4.79 Å². The molecule has 7 heteroatoms. The van der Waals surface area contributed by atoms with E-state index in [1.54, 1.807) is 0 Å². The molecule has 118 valence electrons. The molecule has 0 atom stereocenters. The minimum atomic E-state index is -4.54. The monoisotopic (exact) mass is 306 g/mol. The fourth-order valence-electron chi connectivity index (χ4n) is 1.76. The molecule has 0 unspecified atom stereocenters. The Morgan fingerprint density at radius 1 is 1.29 bits per heavy atom. The van der Waals surface area contributed by atoms with Crippen LogP contribution in [0.5, 0.6) is 5.75 Å². The molecule has 0 fully saturated rings. The number of carbonyl (C=O) groups is 1. The van der Waals surface area contributed by atoms with Crippen LogP contribution in [0, 0.1) is 0 Å². The van der Waals surface area contributed by atoms with Crippen molar-refractivity contribution in [3.63, 3.8) is 0 Å². The molecular formula is C14H17F3O4. The summed E-state index contributed by atoms with van der Waals surface area (Å²) in [5.41, 5.74) is -0.901. The van der Waals surface area contributed by atoms with E-state index in [0.29, 0.717) is 13.0 Å². The molecule has 21 heavy (non-hydrogen) atoms. The number of halogens is 3. The summed E-state index contributed by atoms with van der Waals surface area (Å²) >= 11 is 0. The highest BCUT2D eigenvalue weighted by Gasteiger charge is 2.33. The Morgan fingerprint density at radius 3 is 2.57 bits per heavy atom. The van der Waals surface area contributed by atoms with E-state index in [4.69, 9.17) is 14.6 Å². The number of carboxylic acid groups (broad SMARTS) is 1. The molecule has 0 aliphatic carbocycles. The Morgan fingerprint density at radius 2 is 2.00 bits per heavy atom. The Bertz CT molecular complexity index is 472. The van der Waals surface area contributed by atoms with Gasteiger partial charge in [-0.1, -0.05) is 6.07 Å². The molecule has 0 aliphatic heterocycles. The number of carboxylic acids is 1. The van der Waals surface area contributed by atoms with E-state index in [2.05, 4.69) is 0 Å². The third-order valence-corrected chi connectivity index (χ3v) is 2.76. The topological polar surface area (TPSA) is 55.8 Å². The number of alkyl halides is 3. The smallest absolute Gasteiger partial charge is 0.416 e. The zero-order chi connectivity index (χ0) is 15.9. The lowest BCUT2D eigenvalue weighted by molar-refractivity contribution is -0.140. The predicted octanol–water partition coefficient (Wildman–Crippen LogP) is 3.14. The van der Waals surface area contributed by atoms with Gasteiger partial charge >= 0.3 is 12.1 Å². The third kappa shape index (κ3) is 6.03. The summed E-state index contributed by atoms with van der Waals surface area (Å²) in [7, 11) is 1.53. The van der Waals surface area contributed by atoms with Gasteiger partial charge in [-0.05, 0) is 24.1 Å². The average molecular weight is 306 g/mol. The van der Waals surface area contributed by atoms with Gasteiger partial charge in [-0.25, -0.2) is 0 Å². The largest absolute Gasteiger partial charge is 0.493 e. The highest BCUT2D eigenvalue weighted by Crippen LogP contribution is 2.35. The number of hydrogen-bond acceptors (Lipinski definition) is 3. The van der Waals surface area contributed by atoms with E-state index < -0.39 is 17.7 Å². The molecule has 0 saturated heterocycles. The molecule has 0 radical (unpaired) electrons. The fraction of sp³-hybridized carbons (Fsp3) is 0.500. The van der Waals surface area contributed by atoms with Crippen LogP contribution in [0.2, 0.25) is 0 Å². The van der Waals surface area contributed by atoms with E-state index in [-0.39, 0.29) is 30.8 Å². The number of aryl methyl sites for hydroxylation is 1. The Balaban J connectivity index is 2.83. The van der Waals surface area contributed by atoms with Crippen molar-refractivity contribution in [3.05, 3.63) is 29.3 Å². The first-order valence-electron chi connectivity index (χ1n) is 6.38. The van der Waals surface area contributed by atoms with Crippen molar-refractivity contribution in [1.29, 1.82) is 0 Å². The number of methoxy groups -OCH3 is 1. The van der Waals surface area contributed by atoms with Crippen LogP contribution < -0.4 is 4.74 Å². The van der Waals surface area contributed by atoms with Crippen LogP contribution in [-0.4, -0.2) is 31.4 Å². The molecule has 1 rings (SSSR count). The maximum Gasteiger partial charge on any atom is 0.416 e. The first kappa shape index (κ1) is 17.3. The summed E-state index contributed by atoms with van der Waals surface area (Å²) in [5.74, 6) is -1.03. The highest BCUT2D eigenvalue weighted by molar-refractivity contribution is 5.67. The molecule has 4 nitrogen and oxygen atoms in total. The number of rotatable bonds is 8. The lowest BCUT2D eigenvalue weighted by Crippen LogP contribution is -2.11. The summed E-state index contributed by atoms with van der Waals surface area (Å²) in [4.78, 5) is 10.5. The molecule has 0 spiro atoms. The lowest BCUT2D eigenvalue weighted by Gasteiger charge is -2.14. The van der Waals surface area contributed by atoms with Crippen LogP contribution in [0.3, 0.4) is 0 Å². The van der Waals surface area contributed by atoms with E-state index in [0.717, 1.165) is 6.07 Å². The van der Waals surface area contributed by atoms with Crippen molar-refractivity contribution < 1.29 is 32.5 Å². The molecule has 0 saturated carbocycles. The summed E-state index contributed by atoms with van der Waals surface area (Å²) in [5, 5.41) is 8.57. The molecule has 1 N–H and O–H groups in total. The van der Waals surface area contributed by atoms with Gasteiger partial charge in [0.2, 0.25) is 0 Å². The van der Waals surface area contributed by atoms with Gasteiger partial charge in [-0.15, -0.1) is 0 Å². The molecule has 0 heterocycles. The minimum absolute atomic E-state index is 0.0471. The normalized spacial score (nSPS) is 11.4. The van der Waals surface area contributed by atoms with Crippen LogP contribution >= 0.6 is 0 Å². The second-order valence-corrected chi connectivity index (χ2v) is 4.41. The average Bonchev–Trinajstić information content (AvgIpc) is 2.41. The number of ether oxygens (including phenoxy) is 2. The molecule has 1 aromatic rings. The van der Waals surface area contributed by atoms with Gasteiger partial charge in [-0.2, -0.15) is 13.2 Å². The standard InChI is InChI=1S/C14H17F3O4/c1-20-7-2-8-21-11-5-3-10(4-6-13(18)19)12(9-11)14(15,16)17/h3,5,9H,2,4,6-8H2,1H3,(H,18,19). The van der Waals surface area contributed by atoms with Crippen LogP contribution in [0.25, 0.3) is 0 Å². The summed E-state index contributed by atoms with van der Waals surface area (Å²) in [6, 6.07) is 3.58. The van der Waals surface area contributed by atoms with E-state index >= 15 is 0 Å². The van der Waals surface area contributed by atoms with Gasteiger partial charge in [0.05, 0.1) is 12.2 Å². The molecule has 0 amide bonds. The van der Waals surface area contributed by atoms with Crippen molar-refractivity contribution in [2.45, 2.75) is 25.4 Å². The lowest BCUT2D eigenvalue weighted by atomic mass is 10.0. The van der Waals surface area contributed by atoms with Crippen LogP contribution in [0.15, 0.2) is 18.2 Å². The van der Waals surface area contributed by atoms with Crippen molar-refractivity contribution in [2.24, 2.45) is 0 Å². The van der Waals surface area contributed by atoms with Crippen molar-refractivity contribution >= 4 is 5.97 Å². The van der Waals surface area contributed by atoms with Crippen molar-refractivity contribution in [2.75, 3.05) is 20.3 Å². The first-order chi connectivity index (χ1) is 9.84. The third-order valence-electron chi connectivity index (χ3n) is 2.76. The zero-order valence-corrected chi connectivity index (χ0v) is 11.6. The molecule has 0 aliphatic rings. The maximum atomic E-state index is 13.0. The number of benzene rings is 1. The van der Waals surface area contributed by atoms with Crippen LogP contribution in [0.4, 0.5) is 13.2 Å². The van der Waals surface area contributed by atoms with Crippen LogP contribution in [-0.2, 0) is 22.1 Å². The molecular weight excluding hydrogens is 289 g/mol. The second-order valence-electron chi connectivity index (χ2n) is 4.41. The van der Waals surface area contributed by atoms with Gasteiger partial charge < -0.3 is 14.6 Å². The SMILES string of the molecule is COCCCOc1ccc(CCC(=O)O)c(C(F)(F)F)c1. The Kier molecular flexibility index (Phi) is 6.48. The summed E-state index contributed by atoms with van der Waals surface area (Å²) < 4.78 is 49.0. The van der Waals surface area contributed by atoms with Gasteiger partial charge in [0, 0.05) is 26.6 Å². The maximum absolute atomic E-state index is 13.0. The second kappa shape index (κ2) is 7.87. The van der Waals surface area contributed by atoms with Gasteiger partial charge in [0.1, 0.15) is 5.75 Å². The molecule has 0 aromatic heterocycles. The quantitative estimate of drug-likeness (QED) is 0.750. The minimum Gasteiger partial charge on any atom is -0.493 e. The van der Waals surface area contributed by atoms with Crippen LogP contribution in [0.1, 0.15) is 24.0 Å². The predicted molar refractivity (Wildman–Crippen MR) is 69.4 cm³/mol.